The summed E-state index contributed by atoms with van der Waals surface area (Å²) in [4.78, 5) is 11.6. The van der Waals surface area contributed by atoms with Gasteiger partial charge in [-0.25, -0.2) is 8.78 Å². The molecule has 0 fully saturated rings. The monoisotopic (exact) mass is 357 g/mol. The van der Waals surface area contributed by atoms with Crippen LogP contribution in [-0.4, -0.2) is 30.6 Å². The highest BCUT2D eigenvalue weighted by Crippen LogP contribution is 2.19. The smallest absolute Gasteiger partial charge is 0.307 e. The van der Waals surface area contributed by atoms with E-state index >= 15 is 0 Å². The van der Waals surface area contributed by atoms with Crippen molar-refractivity contribution in [3.8, 4) is 5.75 Å². The average Bonchev–Trinajstić information content (AvgIpc) is 2.49. The van der Waals surface area contributed by atoms with E-state index < -0.39 is 5.92 Å². The van der Waals surface area contributed by atoms with Crippen molar-refractivity contribution >= 4 is 5.97 Å². The van der Waals surface area contributed by atoms with E-state index in [4.69, 9.17) is 9.47 Å². The second-order valence-electron chi connectivity index (χ2n) is 6.89. The molecule has 0 saturated carbocycles. The van der Waals surface area contributed by atoms with Crippen LogP contribution in [0.15, 0.2) is 24.3 Å². The quantitative estimate of drug-likeness (QED) is 0.473. The Labute approximate surface area is 148 Å². The number of hydrogen-bond donors (Lipinski definition) is 1. The van der Waals surface area contributed by atoms with Crippen LogP contribution in [0.2, 0.25) is 0 Å². The minimum atomic E-state index is -2.64. The zero-order valence-corrected chi connectivity index (χ0v) is 15.5. The standard InChI is InChI=1S/C19H29F2NO3/c1-5-24-17(23)13-18(2,3)22-14-15-7-9-16(10-8-15)25-12-6-11-19(4,20)21/h7-10,22H,5-6,11-14H2,1-4H3. The van der Waals surface area contributed by atoms with E-state index in [2.05, 4.69) is 5.32 Å². The van der Waals surface area contributed by atoms with E-state index in [-0.39, 0.29) is 24.5 Å². The number of esters is 1. The molecule has 0 aliphatic heterocycles. The SMILES string of the molecule is CCOC(=O)CC(C)(C)NCc1ccc(OCCCC(C)(F)F)cc1. The summed E-state index contributed by atoms with van der Waals surface area (Å²) in [5, 5.41) is 3.33. The van der Waals surface area contributed by atoms with Crippen LogP contribution < -0.4 is 10.1 Å². The Morgan fingerprint density at radius 3 is 2.36 bits per heavy atom. The van der Waals surface area contributed by atoms with Gasteiger partial charge in [0.05, 0.1) is 19.6 Å². The summed E-state index contributed by atoms with van der Waals surface area (Å²) < 4.78 is 35.9. The molecule has 0 amide bonds. The summed E-state index contributed by atoms with van der Waals surface area (Å²) in [6.07, 6.45) is 0.434. The van der Waals surface area contributed by atoms with Gasteiger partial charge in [0, 0.05) is 18.5 Å². The Kier molecular flexibility index (Phi) is 8.29. The van der Waals surface area contributed by atoms with E-state index in [0.29, 0.717) is 31.7 Å². The van der Waals surface area contributed by atoms with Crippen LogP contribution >= 0.6 is 0 Å². The van der Waals surface area contributed by atoms with Crippen LogP contribution in [-0.2, 0) is 16.1 Å². The number of carbonyl (C=O) groups is 1. The summed E-state index contributed by atoms with van der Waals surface area (Å²) in [6, 6.07) is 7.47. The van der Waals surface area contributed by atoms with Crippen LogP contribution in [0.5, 0.6) is 5.75 Å². The number of hydrogen-bond acceptors (Lipinski definition) is 4. The first kappa shape index (κ1) is 21.4. The van der Waals surface area contributed by atoms with Gasteiger partial charge in [-0.1, -0.05) is 12.1 Å². The van der Waals surface area contributed by atoms with Gasteiger partial charge in [0.25, 0.3) is 0 Å². The first-order chi connectivity index (χ1) is 11.6. The van der Waals surface area contributed by atoms with E-state index in [9.17, 15) is 13.6 Å². The Balaban J connectivity index is 2.37. The Morgan fingerprint density at radius 2 is 1.80 bits per heavy atom. The first-order valence-electron chi connectivity index (χ1n) is 8.61. The summed E-state index contributed by atoms with van der Waals surface area (Å²) in [7, 11) is 0. The first-order valence-corrected chi connectivity index (χ1v) is 8.61. The molecule has 0 saturated heterocycles. The molecule has 0 aliphatic carbocycles. The number of benzene rings is 1. The van der Waals surface area contributed by atoms with Gasteiger partial charge in [0.2, 0.25) is 5.92 Å². The number of rotatable bonds is 11. The van der Waals surface area contributed by atoms with Gasteiger partial charge in [-0.2, -0.15) is 0 Å². The zero-order valence-electron chi connectivity index (χ0n) is 15.5. The van der Waals surface area contributed by atoms with E-state index in [1.54, 1.807) is 6.92 Å². The predicted octanol–water partition coefficient (Wildman–Crippen LogP) is 4.32. The molecule has 0 bridgehead atoms. The topological polar surface area (TPSA) is 47.6 Å². The van der Waals surface area contributed by atoms with E-state index in [1.165, 1.54) is 0 Å². The van der Waals surface area contributed by atoms with Crippen LogP contribution in [0.4, 0.5) is 8.78 Å². The lowest BCUT2D eigenvalue weighted by Crippen LogP contribution is -2.41. The number of nitrogens with one attached hydrogen (secondary N) is 1. The summed E-state index contributed by atoms with van der Waals surface area (Å²) >= 11 is 0. The fourth-order valence-electron chi connectivity index (χ4n) is 2.25. The minimum absolute atomic E-state index is 0.176. The van der Waals surface area contributed by atoms with Gasteiger partial charge >= 0.3 is 5.97 Å². The van der Waals surface area contributed by atoms with Gasteiger partial charge in [0.15, 0.2) is 0 Å². The molecular weight excluding hydrogens is 328 g/mol. The van der Waals surface area contributed by atoms with Crippen molar-refractivity contribution in [1.29, 1.82) is 0 Å². The number of ether oxygens (including phenoxy) is 2. The highest BCUT2D eigenvalue weighted by Gasteiger charge is 2.22. The number of halogens is 2. The van der Waals surface area contributed by atoms with Crippen LogP contribution in [0.1, 0.15) is 52.5 Å². The van der Waals surface area contributed by atoms with Crippen molar-refractivity contribution in [2.75, 3.05) is 13.2 Å². The Morgan fingerprint density at radius 1 is 1.16 bits per heavy atom. The Hall–Kier alpha value is -1.69. The van der Waals surface area contributed by atoms with Crippen LogP contribution in [0.25, 0.3) is 0 Å². The molecule has 0 radical (unpaired) electrons. The van der Waals surface area contributed by atoms with Crippen LogP contribution in [0.3, 0.4) is 0 Å². The molecule has 1 N–H and O–H groups in total. The fraction of sp³-hybridized carbons (Fsp3) is 0.632. The van der Waals surface area contributed by atoms with Gasteiger partial charge < -0.3 is 14.8 Å². The Bertz CT molecular complexity index is 524. The van der Waals surface area contributed by atoms with Gasteiger partial charge in [0.1, 0.15) is 5.75 Å². The van der Waals surface area contributed by atoms with Crippen LogP contribution in [0, 0.1) is 0 Å². The highest BCUT2D eigenvalue weighted by molar-refractivity contribution is 5.70. The van der Waals surface area contributed by atoms with Gasteiger partial charge in [-0.3, -0.25) is 4.79 Å². The molecule has 142 valence electrons. The predicted molar refractivity (Wildman–Crippen MR) is 94.0 cm³/mol. The summed E-state index contributed by atoms with van der Waals surface area (Å²) in [6.45, 7) is 7.86. The molecule has 1 aromatic carbocycles. The molecule has 6 heteroatoms. The van der Waals surface area contributed by atoms with Crippen molar-refractivity contribution in [1.82, 2.24) is 5.32 Å². The maximum Gasteiger partial charge on any atom is 0.307 e. The van der Waals surface area contributed by atoms with Gasteiger partial charge in [-0.05, 0) is 51.8 Å². The molecule has 4 nitrogen and oxygen atoms in total. The fourth-order valence-corrected chi connectivity index (χ4v) is 2.25. The second kappa shape index (κ2) is 9.70. The lowest BCUT2D eigenvalue weighted by atomic mass is 10.0. The van der Waals surface area contributed by atoms with Crippen molar-refractivity contribution < 1.29 is 23.0 Å². The lowest BCUT2D eigenvalue weighted by Gasteiger charge is -2.25. The largest absolute Gasteiger partial charge is 0.494 e. The summed E-state index contributed by atoms with van der Waals surface area (Å²) in [5.41, 5.74) is 0.677. The highest BCUT2D eigenvalue weighted by atomic mass is 19.3. The molecule has 1 aromatic rings. The molecular formula is C19H29F2NO3. The van der Waals surface area contributed by atoms with Crippen molar-refractivity contribution in [2.24, 2.45) is 0 Å². The third-order valence-electron chi connectivity index (χ3n) is 3.61. The molecule has 0 unspecified atom stereocenters. The third kappa shape index (κ3) is 10.0. The molecule has 0 atom stereocenters. The maximum absolute atomic E-state index is 12.7. The van der Waals surface area contributed by atoms with E-state index in [1.807, 2.05) is 38.1 Å². The van der Waals surface area contributed by atoms with Gasteiger partial charge in [-0.15, -0.1) is 0 Å². The van der Waals surface area contributed by atoms with Crippen molar-refractivity contribution in [3.63, 3.8) is 0 Å². The second-order valence-corrected chi connectivity index (χ2v) is 6.89. The average molecular weight is 357 g/mol. The normalized spacial score (nSPS) is 12.1. The summed E-state index contributed by atoms with van der Waals surface area (Å²) in [5.74, 6) is -2.20. The molecule has 0 spiro atoms. The number of alkyl halides is 2. The third-order valence-corrected chi connectivity index (χ3v) is 3.61. The molecule has 0 aliphatic rings. The molecule has 25 heavy (non-hydrogen) atoms. The number of carbonyl (C=O) groups excluding carboxylic acids is 1. The maximum atomic E-state index is 12.7. The lowest BCUT2D eigenvalue weighted by molar-refractivity contribution is -0.144. The van der Waals surface area contributed by atoms with Crippen molar-refractivity contribution in [3.05, 3.63) is 29.8 Å². The zero-order chi connectivity index (χ0) is 18.9. The molecule has 0 heterocycles. The van der Waals surface area contributed by atoms with E-state index in [0.717, 1.165) is 12.5 Å². The minimum Gasteiger partial charge on any atom is -0.494 e. The molecule has 0 aromatic heterocycles. The van der Waals surface area contributed by atoms with Crippen molar-refractivity contribution in [2.45, 2.75) is 65.0 Å². The molecule has 1 rings (SSSR count).